The largest absolute Gasteiger partial charge is 0.350 e. The molecule has 0 heterocycles. The Balaban J connectivity index is 2.11. The van der Waals surface area contributed by atoms with E-state index < -0.39 is 28.3 Å². The minimum absolute atomic E-state index is 0.124. The number of benzene rings is 2. The lowest BCUT2D eigenvalue weighted by Crippen LogP contribution is -2.40. The lowest BCUT2D eigenvalue weighted by atomic mass is 10.2. The van der Waals surface area contributed by atoms with Crippen molar-refractivity contribution in [3.8, 4) is 0 Å². The van der Waals surface area contributed by atoms with Gasteiger partial charge in [-0.1, -0.05) is 41.9 Å². The van der Waals surface area contributed by atoms with Gasteiger partial charge < -0.3 is 5.32 Å². The Morgan fingerprint density at radius 2 is 1.88 bits per heavy atom. The Bertz CT molecular complexity index is 828. The quantitative estimate of drug-likeness (QED) is 0.849. The molecular formula is C16H16ClFN2O3S. The fourth-order valence-corrected chi connectivity index (χ4v) is 3.05. The highest BCUT2D eigenvalue weighted by molar-refractivity contribution is 7.92. The number of nitrogens with one attached hydrogen (secondary N) is 1. The highest BCUT2D eigenvalue weighted by Crippen LogP contribution is 2.24. The zero-order chi connectivity index (χ0) is 17.7. The molecular weight excluding hydrogens is 355 g/mol. The van der Waals surface area contributed by atoms with Crippen LogP contribution >= 0.6 is 11.6 Å². The maximum absolute atomic E-state index is 13.3. The van der Waals surface area contributed by atoms with E-state index in [0.29, 0.717) is 0 Å². The van der Waals surface area contributed by atoms with Crippen LogP contribution < -0.4 is 9.62 Å². The van der Waals surface area contributed by atoms with Gasteiger partial charge in [0, 0.05) is 6.54 Å². The normalized spacial score (nSPS) is 11.1. The summed E-state index contributed by atoms with van der Waals surface area (Å²) in [4.78, 5) is 12.1. The van der Waals surface area contributed by atoms with Gasteiger partial charge in [-0.3, -0.25) is 9.10 Å². The summed E-state index contributed by atoms with van der Waals surface area (Å²) in [5.74, 6) is -1.15. The molecule has 0 saturated heterocycles. The maximum atomic E-state index is 13.3. The number of anilines is 1. The van der Waals surface area contributed by atoms with Crippen molar-refractivity contribution in [2.24, 2.45) is 0 Å². The van der Waals surface area contributed by atoms with Gasteiger partial charge in [0.25, 0.3) is 0 Å². The first-order valence-corrected chi connectivity index (χ1v) is 9.23. The lowest BCUT2D eigenvalue weighted by Gasteiger charge is -2.22. The van der Waals surface area contributed by atoms with Crippen molar-refractivity contribution in [3.05, 3.63) is 64.9 Å². The van der Waals surface area contributed by atoms with E-state index in [-0.39, 0.29) is 17.3 Å². The van der Waals surface area contributed by atoms with Crippen molar-refractivity contribution in [3.63, 3.8) is 0 Å². The third-order valence-corrected chi connectivity index (χ3v) is 4.64. The van der Waals surface area contributed by atoms with E-state index in [1.54, 1.807) is 0 Å². The van der Waals surface area contributed by atoms with Crippen molar-refractivity contribution in [1.29, 1.82) is 0 Å². The van der Waals surface area contributed by atoms with Crippen LogP contribution in [0, 0.1) is 5.82 Å². The molecule has 1 N–H and O–H groups in total. The molecule has 2 aromatic rings. The standard InChI is InChI=1S/C16H16ClFN2O3S/c1-24(22,23)20(13-7-8-15(18)14(17)9-13)11-16(21)19-10-12-5-3-2-4-6-12/h2-9H,10-11H2,1H3,(H,19,21). The molecule has 0 bridgehead atoms. The third kappa shape index (κ3) is 4.94. The van der Waals surface area contributed by atoms with Crippen molar-refractivity contribution in [2.45, 2.75) is 6.54 Å². The number of hydrogen-bond donors (Lipinski definition) is 1. The molecule has 0 fully saturated rings. The van der Waals surface area contributed by atoms with Crippen LogP contribution in [-0.2, 0) is 21.4 Å². The Hall–Kier alpha value is -2.12. The van der Waals surface area contributed by atoms with Gasteiger partial charge in [-0.2, -0.15) is 0 Å². The van der Waals surface area contributed by atoms with Gasteiger partial charge in [0.2, 0.25) is 15.9 Å². The first-order chi connectivity index (χ1) is 11.3. The second-order valence-electron chi connectivity index (χ2n) is 5.13. The number of nitrogens with zero attached hydrogens (tertiary/aromatic N) is 1. The van der Waals surface area contributed by atoms with Crippen LogP contribution in [0.1, 0.15) is 5.56 Å². The van der Waals surface area contributed by atoms with E-state index in [4.69, 9.17) is 11.6 Å². The van der Waals surface area contributed by atoms with Gasteiger partial charge in [0.1, 0.15) is 12.4 Å². The summed E-state index contributed by atoms with van der Waals surface area (Å²) in [7, 11) is -3.73. The van der Waals surface area contributed by atoms with Crippen molar-refractivity contribution < 1.29 is 17.6 Å². The summed E-state index contributed by atoms with van der Waals surface area (Å²) in [5, 5.41) is 2.43. The third-order valence-electron chi connectivity index (χ3n) is 3.21. The number of sulfonamides is 1. The molecule has 0 atom stereocenters. The highest BCUT2D eigenvalue weighted by Gasteiger charge is 2.21. The Kier molecular flexibility index (Phi) is 5.80. The van der Waals surface area contributed by atoms with Crippen LogP contribution in [0.15, 0.2) is 48.5 Å². The van der Waals surface area contributed by atoms with E-state index >= 15 is 0 Å². The second-order valence-corrected chi connectivity index (χ2v) is 7.44. The Morgan fingerprint density at radius 3 is 2.46 bits per heavy atom. The number of carbonyl (C=O) groups is 1. The minimum Gasteiger partial charge on any atom is -0.350 e. The molecule has 0 aliphatic rings. The predicted molar refractivity (Wildman–Crippen MR) is 91.9 cm³/mol. The number of hydrogen-bond acceptors (Lipinski definition) is 3. The lowest BCUT2D eigenvalue weighted by molar-refractivity contribution is -0.119. The fraction of sp³-hybridized carbons (Fsp3) is 0.188. The minimum atomic E-state index is -3.73. The summed E-state index contributed by atoms with van der Waals surface area (Å²) in [5.41, 5.74) is 1.01. The molecule has 0 saturated carbocycles. The van der Waals surface area contributed by atoms with Gasteiger partial charge >= 0.3 is 0 Å². The van der Waals surface area contributed by atoms with E-state index in [0.717, 1.165) is 22.2 Å². The molecule has 2 rings (SSSR count). The molecule has 2 aromatic carbocycles. The molecule has 24 heavy (non-hydrogen) atoms. The SMILES string of the molecule is CS(=O)(=O)N(CC(=O)NCc1ccccc1)c1ccc(F)c(Cl)c1. The first-order valence-electron chi connectivity index (χ1n) is 7.01. The molecule has 8 heteroatoms. The molecule has 0 aliphatic heterocycles. The Morgan fingerprint density at radius 1 is 1.21 bits per heavy atom. The highest BCUT2D eigenvalue weighted by atomic mass is 35.5. The monoisotopic (exact) mass is 370 g/mol. The molecule has 0 spiro atoms. The van der Waals surface area contributed by atoms with Gasteiger partial charge in [0.05, 0.1) is 17.0 Å². The van der Waals surface area contributed by atoms with Crippen molar-refractivity contribution in [2.75, 3.05) is 17.1 Å². The smallest absolute Gasteiger partial charge is 0.241 e. The summed E-state index contributed by atoms with van der Waals surface area (Å²) >= 11 is 5.69. The average molecular weight is 371 g/mol. The summed E-state index contributed by atoms with van der Waals surface area (Å²) < 4.78 is 38.0. The first kappa shape index (κ1) is 18.2. The predicted octanol–water partition coefficient (Wildman–Crippen LogP) is 2.56. The van der Waals surface area contributed by atoms with Crippen molar-refractivity contribution in [1.82, 2.24) is 5.32 Å². The number of halogens is 2. The van der Waals surface area contributed by atoms with E-state index in [9.17, 15) is 17.6 Å². The van der Waals surface area contributed by atoms with Crippen LogP contribution in [0.5, 0.6) is 0 Å². The molecule has 0 unspecified atom stereocenters. The van der Waals surface area contributed by atoms with E-state index in [1.807, 2.05) is 30.3 Å². The van der Waals surface area contributed by atoms with Crippen molar-refractivity contribution >= 4 is 33.2 Å². The maximum Gasteiger partial charge on any atom is 0.241 e. The molecule has 0 aliphatic carbocycles. The number of rotatable bonds is 6. The van der Waals surface area contributed by atoms with Gasteiger partial charge in [-0.05, 0) is 23.8 Å². The molecule has 0 radical (unpaired) electrons. The van der Waals surface area contributed by atoms with Crippen LogP contribution in [-0.4, -0.2) is 27.1 Å². The number of carbonyl (C=O) groups excluding carboxylic acids is 1. The zero-order valence-corrected chi connectivity index (χ0v) is 14.4. The van der Waals surface area contributed by atoms with Gasteiger partial charge in [-0.25, -0.2) is 12.8 Å². The second kappa shape index (κ2) is 7.63. The molecule has 0 aromatic heterocycles. The average Bonchev–Trinajstić information content (AvgIpc) is 2.53. The van der Waals surface area contributed by atoms with Gasteiger partial charge in [0.15, 0.2) is 0 Å². The van der Waals surface area contributed by atoms with Crippen LogP contribution in [0.4, 0.5) is 10.1 Å². The summed E-state index contributed by atoms with van der Waals surface area (Å²) in [6.45, 7) is -0.144. The van der Waals surface area contributed by atoms with E-state index in [2.05, 4.69) is 5.32 Å². The fourth-order valence-electron chi connectivity index (χ4n) is 2.02. The summed E-state index contributed by atoms with van der Waals surface area (Å²) in [6.07, 6.45) is 0.967. The van der Waals surface area contributed by atoms with E-state index in [1.165, 1.54) is 12.1 Å². The zero-order valence-electron chi connectivity index (χ0n) is 12.9. The van der Waals surface area contributed by atoms with Crippen LogP contribution in [0.25, 0.3) is 0 Å². The number of amides is 1. The Labute approximate surface area is 145 Å². The van der Waals surface area contributed by atoms with Crippen LogP contribution in [0.3, 0.4) is 0 Å². The molecule has 128 valence electrons. The molecule has 1 amide bonds. The topological polar surface area (TPSA) is 66.5 Å². The van der Waals surface area contributed by atoms with Gasteiger partial charge in [-0.15, -0.1) is 0 Å². The molecule has 5 nitrogen and oxygen atoms in total. The summed E-state index contributed by atoms with van der Waals surface area (Å²) in [6, 6.07) is 12.7. The van der Waals surface area contributed by atoms with Crippen LogP contribution in [0.2, 0.25) is 5.02 Å².